The molecule has 3 aromatic heterocycles. The second-order valence-corrected chi connectivity index (χ2v) is 11.8. The predicted octanol–water partition coefficient (Wildman–Crippen LogP) is 7.13. The van der Waals surface area contributed by atoms with Crippen molar-refractivity contribution in [2.75, 3.05) is 26.7 Å². The first-order valence-corrected chi connectivity index (χ1v) is 15.2. The number of ether oxygens (including phenoxy) is 2. The van der Waals surface area contributed by atoms with Crippen LogP contribution in [-0.2, 0) is 18.3 Å². The van der Waals surface area contributed by atoms with Crippen LogP contribution in [0.2, 0.25) is 0 Å². The van der Waals surface area contributed by atoms with Crippen molar-refractivity contribution >= 4 is 7.60 Å². The summed E-state index contributed by atoms with van der Waals surface area (Å²) in [7, 11) is -1.59. The maximum absolute atomic E-state index is 12.8. The molecule has 3 aromatic rings. The molecule has 9 heteroatoms. The van der Waals surface area contributed by atoms with Crippen LogP contribution in [0.1, 0.15) is 68.0 Å². The molecule has 0 N–H and O–H groups in total. The van der Waals surface area contributed by atoms with Crippen LogP contribution in [0.15, 0.2) is 36.5 Å². The Morgan fingerprint density at radius 3 is 2.18 bits per heavy atom. The number of methoxy groups -OCH3 is 1. The van der Waals surface area contributed by atoms with Gasteiger partial charge in [0.15, 0.2) is 0 Å². The van der Waals surface area contributed by atoms with Gasteiger partial charge >= 0.3 is 7.60 Å². The number of rotatable bonds is 11. The number of aryl methyl sites for hydroxylation is 3. The van der Waals surface area contributed by atoms with Crippen molar-refractivity contribution in [3.05, 3.63) is 59.0 Å². The summed E-state index contributed by atoms with van der Waals surface area (Å²) in [5.74, 6) is 1.92. The summed E-state index contributed by atoms with van der Waals surface area (Å²) in [6, 6.07) is 10.3. The van der Waals surface area contributed by atoms with Crippen LogP contribution in [-0.4, -0.2) is 47.3 Å². The van der Waals surface area contributed by atoms with Crippen molar-refractivity contribution in [1.29, 1.82) is 0 Å². The standard InChI is InChI=1S/C29H40N3O5P/c1-7-36-38(33,37-8-2)19-35-25-14-11-23(12-15-25)28-20(3)17-26(24-13-16-27(34-6)30-18-24)31-29(28)32-21(4)9-10-22(32)5/h9-10,13,16-18,23,25H,7-8,11-12,14-15,19H2,1-6H3. The lowest BCUT2D eigenvalue weighted by Crippen LogP contribution is -2.23. The van der Waals surface area contributed by atoms with Gasteiger partial charge in [-0.3, -0.25) is 4.57 Å². The Morgan fingerprint density at radius 1 is 0.974 bits per heavy atom. The van der Waals surface area contributed by atoms with Gasteiger partial charge in [0.1, 0.15) is 12.2 Å². The molecule has 1 fully saturated rings. The molecule has 38 heavy (non-hydrogen) atoms. The lowest BCUT2D eigenvalue weighted by atomic mass is 9.81. The molecule has 8 nitrogen and oxygen atoms in total. The Morgan fingerprint density at radius 2 is 1.63 bits per heavy atom. The molecule has 0 saturated heterocycles. The average Bonchev–Trinajstić information content (AvgIpc) is 3.25. The van der Waals surface area contributed by atoms with E-state index in [2.05, 4.69) is 48.5 Å². The van der Waals surface area contributed by atoms with Gasteiger partial charge in [-0.25, -0.2) is 9.97 Å². The predicted molar refractivity (Wildman–Crippen MR) is 149 cm³/mol. The van der Waals surface area contributed by atoms with Crippen molar-refractivity contribution in [2.24, 2.45) is 0 Å². The van der Waals surface area contributed by atoms with Crippen molar-refractivity contribution < 1.29 is 23.1 Å². The Hall–Kier alpha value is -2.51. The first kappa shape index (κ1) is 28.5. The monoisotopic (exact) mass is 541 g/mol. The van der Waals surface area contributed by atoms with E-state index < -0.39 is 7.60 Å². The van der Waals surface area contributed by atoms with E-state index in [1.54, 1.807) is 7.11 Å². The van der Waals surface area contributed by atoms with Crippen molar-refractivity contribution in [2.45, 2.75) is 72.3 Å². The van der Waals surface area contributed by atoms with E-state index in [-0.39, 0.29) is 12.5 Å². The molecule has 1 aliphatic rings. The van der Waals surface area contributed by atoms with Crippen LogP contribution < -0.4 is 4.74 Å². The van der Waals surface area contributed by atoms with Gasteiger partial charge in [-0.05, 0) is 96.0 Å². The third-order valence-corrected chi connectivity index (χ3v) is 8.94. The molecule has 0 amide bonds. The highest BCUT2D eigenvalue weighted by molar-refractivity contribution is 7.53. The molecule has 0 spiro atoms. The summed E-state index contributed by atoms with van der Waals surface area (Å²) in [5, 5.41) is 0. The molecule has 1 aliphatic carbocycles. The van der Waals surface area contributed by atoms with Gasteiger partial charge in [0.25, 0.3) is 0 Å². The summed E-state index contributed by atoms with van der Waals surface area (Å²) in [6.45, 7) is 10.7. The molecule has 0 atom stereocenters. The zero-order valence-corrected chi connectivity index (χ0v) is 24.3. The first-order valence-electron chi connectivity index (χ1n) is 13.5. The van der Waals surface area contributed by atoms with Gasteiger partial charge in [-0.2, -0.15) is 0 Å². The smallest absolute Gasteiger partial charge is 0.356 e. The van der Waals surface area contributed by atoms with E-state index in [1.807, 2.05) is 32.2 Å². The SMILES string of the molecule is CCOP(=O)(COC1CCC(c2c(C)cc(-c3ccc(OC)nc3)nc2-n2c(C)ccc2C)CC1)OCC. The van der Waals surface area contributed by atoms with Crippen LogP contribution in [0.25, 0.3) is 17.1 Å². The lowest BCUT2D eigenvalue weighted by Gasteiger charge is -2.32. The van der Waals surface area contributed by atoms with Crippen LogP contribution in [0.4, 0.5) is 0 Å². The van der Waals surface area contributed by atoms with E-state index in [9.17, 15) is 4.57 Å². The second-order valence-electron chi connectivity index (χ2n) is 9.82. The van der Waals surface area contributed by atoms with Gasteiger partial charge in [0.2, 0.25) is 5.88 Å². The van der Waals surface area contributed by atoms with Crippen LogP contribution >= 0.6 is 7.60 Å². The zero-order chi connectivity index (χ0) is 27.3. The minimum absolute atomic E-state index is 0.00218. The molecule has 3 heterocycles. The van der Waals surface area contributed by atoms with Crippen LogP contribution in [0, 0.1) is 20.8 Å². The van der Waals surface area contributed by atoms with Gasteiger partial charge in [0, 0.05) is 34.8 Å². The van der Waals surface area contributed by atoms with Gasteiger partial charge < -0.3 is 23.1 Å². The van der Waals surface area contributed by atoms with E-state index in [1.165, 1.54) is 11.1 Å². The third-order valence-electron chi connectivity index (χ3n) is 7.17. The lowest BCUT2D eigenvalue weighted by molar-refractivity contribution is 0.0378. The topological polar surface area (TPSA) is 84.7 Å². The second kappa shape index (κ2) is 12.6. The Labute approximate surface area is 226 Å². The molecule has 1 saturated carbocycles. The fraction of sp³-hybridized carbons (Fsp3) is 0.517. The van der Waals surface area contributed by atoms with E-state index in [0.717, 1.165) is 54.1 Å². The minimum atomic E-state index is -3.21. The fourth-order valence-electron chi connectivity index (χ4n) is 5.36. The number of hydrogen-bond acceptors (Lipinski definition) is 7. The Balaban J connectivity index is 1.59. The molecule has 0 radical (unpaired) electrons. The summed E-state index contributed by atoms with van der Waals surface area (Å²) in [5.41, 5.74) is 6.65. The summed E-state index contributed by atoms with van der Waals surface area (Å²) < 4.78 is 37.1. The average molecular weight is 542 g/mol. The van der Waals surface area contributed by atoms with Crippen molar-refractivity contribution in [3.8, 4) is 23.0 Å². The molecular weight excluding hydrogens is 501 g/mol. The zero-order valence-electron chi connectivity index (χ0n) is 23.4. The highest BCUT2D eigenvalue weighted by atomic mass is 31.2. The maximum atomic E-state index is 12.8. The van der Waals surface area contributed by atoms with Crippen LogP contribution in [0.3, 0.4) is 0 Å². The first-order chi connectivity index (χ1) is 18.3. The molecular formula is C29H40N3O5P. The van der Waals surface area contributed by atoms with E-state index >= 15 is 0 Å². The summed E-state index contributed by atoms with van der Waals surface area (Å²) in [4.78, 5) is 9.60. The minimum Gasteiger partial charge on any atom is -0.481 e. The van der Waals surface area contributed by atoms with Gasteiger partial charge in [-0.15, -0.1) is 0 Å². The Kier molecular flexibility index (Phi) is 9.42. The molecule has 0 aliphatic heterocycles. The largest absolute Gasteiger partial charge is 0.481 e. The van der Waals surface area contributed by atoms with E-state index in [4.69, 9.17) is 23.5 Å². The fourth-order valence-corrected chi connectivity index (χ4v) is 6.77. The highest BCUT2D eigenvalue weighted by Crippen LogP contribution is 2.49. The molecule has 206 valence electrons. The van der Waals surface area contributed by atoms with Crippen molar-refractivity contribution in [1.82, 2.24) is 14.5 Å². The quantitative estimate of drug-likeness (QED) is 0.239. The van der Waals surface area contributed by atoms with Gasteiger partial charge in [0.05, 0.1) is 32.1 Å². The normalized spacial score (nSPS) is 18.1. The molecule has 0 aromatic carbocycles. The number of aromatic nitrogens is 3. The van der Waals surface area contributed by atoms with E-state index in [0.29, 0.717) is 25.0 Å². The molecule has 4 rings (SSSR count). The Bertz CT molecular complexity index is 1240. The molecule has 0 unspecified atom stereocenters. The number of nitrogens with zero attached hydrogens (tertiary/aromatic N) is 3. The highest BCUT2D eigenvalue weighted by Gasteiger charge is 2.31. The van der Waals surface area contributed by atoms with Crippen LogP contribution in [0.5, 0.6) is 5.88 Å². The summed E-state index contributed by atoms with van der Waals surface area (Å²) in [6.07, 6.45) is 5.56. The number of hydrogen-bond donors (Lipinski definition) is 0. The van der Waals surface area contributed by atoms with Crippen molar-refractivity contribution in [3.63, 3.8) is 0 Å². The van der Waals surface area contributed by atoms with Gasteiger partial charge in [-0.1, -0.05) is 0 Å². The summed E-state index contributed by atoms with van der Waals surface area (Å²) >= 11 is 0. The third kappa shape index (κ3) is 6.37. The number of pyridine rings is 2. The maximum Gasteiger partial charge on any atom is 0.356 e. The molecule has 0 bridgehead atoms.